The smallest absolute Gasteiger partial charge is 0.165 e. The van der Waals surface area contributed by atoms with Gasteiger partial charge in [-0.1, -0.05) is 30.8 Å². The predicted molar refractivity (Wildman–Crippen MR) is 116 cm³/mol. The molecule has 0 aliphatic carbocycles. The van der Waals surface area contributed by atoms with Gasteiger partial charge in [0.05, 0.1) is 11.1 Å². The second-order valence-electron chi connectivity index (χ2n) is 7.80. The molecule has 2 aliphatic rings. The first-order valence-corrected chi connectivity index (χ1v) is 10.2. The van der Waals surface area contributed by atoms with Crippen molar-refractivity contribution in [3.05, 3.63) is 60.8 Å². The minimum atomic E-state index is 0.183. The van der Waals surface area contributed by atoms with E-state index in [0.29, 0.717) is 17.4 Å². The lowest BCUT2D eigenvalue weighted by Crippen LogP contribution is -2.42. The molecule has 2 saturated heterocycles. The number of anilines is 1. The van der Waals surface area contributed by atoms with Gasteiger partial charge in [-0.05, 0) is 37.1 Å². The average molecular weight is 387 g/mol. The number of para-hydroxylation sites is 2. The highest BCUT2D eigenvalue weighted by atomic mass is 16.3. The molecular formula is C23H25N5O. The van der Waals surface area contributed by atoms with Crippen LogP contribution in [0.4, 0.5) is 5.82 Å². The van der Waals surface area contributed by atoms with Gasteiger partial charge in [0.1, 0.15) is 11.6 Å². The summed E-state index contributed by atoms with van der Waals surface area (Å²) in [5.41, 5.74) is 2.69. The van der Waals surface area contributed by atoms with Crippen LogP contribution in [0.2, 0.25) is 0 Å². The Labute approximate surface area is 170 Å². The first-order chi connectivity index (χ1) is 14.2. The van der Waals surface area contributed by atoms with E-state index in [2.05, 4.69) is 27.1 Å². The van der Waals surface area contributed by atoms with Crippen molar-refractivity contribution in [3.63, 3.8) is 0 Å². The van der Waals surface area contributed by atoms with Crippen LogP contribution in [0, 0.1) is 0 Å². The standard InChI is InChI=1S/C23H25N5O/c1-15(28-11-6-12-28)20-13-16(14-24-20)25-22-17-7-2-4-9-19(17)26-23(27-22)18-8-3-5-10-21(18)29/h2-5,7-10,16,20,24,29H,1,6,11-14H2,(H,25,26,27)/t16-,20+/m0/s1. The van der Waals surface area contributed by atoms with Crippen molar-refractivity contribution in [1.29, 1.82) is 0 Å². The molecule has 3 N–H and O–H groups in total. The van der Waals surface area contributed by atoms with E-state index < -0.39 is 0 Å². The molecule has 0 spiro atoms. The third kappa shape index (κ3) is 3.40. The van der Waals surface area contributed by atoms with Crippen LogP contribution in [-0.2, 0) is 0 Å². The van der Waals surface area contributed by atoms with Crippen LogP contribution in [0.25, 0.3) is 22.3 Å². The van der Waals surface area contributed by atoms with Crippen LogP contribution in [0.1, 0.15) is 12.8 Å². The molecule has 0 bridgehead atoms. The highest BCUT2D eigenvalue weighted by Gasteiger charge is 2.30. The highest BCUT2D eigenvalue weighted by molar-refractivity contribution is 5.91. The van der Waals surface area contributed by atoms with E-state index in [1.54, 1.807) is 12.1 Å². The van der Waals surface area contributed by atoms with E-state index in [-0.39, 0.29) is 11.8 Å². The lowest BCUT2D eigenvalue weighted by atomic mass is 10.1. The SMILES string of the molecule is C=C([C@H]1C[C@H](Nc2nc(-c3ccccc3O)nc3ccccc23)CN1)N1CCC1. The number of likely N-dealkylation sites (tertiary alicyclic amines) is 1. The fraction of sp³-hybridized carbons (Fsp3) is 0.304. The topological polar surface area (TPSA) is 73.3 Å². The number of phenolic OH excluding ortho intramolecular Hbond substituents is 1. The zero-order valence-electron chi connectivity index (χ0n) is 16.3. The summed E-state index contributed by atoms with van der Waals surface area (Å²) in [5, 5.41) is 18.5. The van der Waals surface area contributed by atoms with E-state index in [9.17, 15) is 5.11 Å². The van der Waals surface area contributed by atoms with Crippen LogP contribution in [0.15, 0.2) is 60.8 Å². The number of hydrogen-bond donors (Lipinski definition) is 3. The molecule has 6 nitrogen and oxygen atoms in total. The summed E-state index contributed by atoms with van der Waals surface area (Å²) in [6.07, 6.45) is 2.23. The molecule has 3 heterocycles. The van der Waals surface area contributed by atoms with Crippen LogP contribution < -0.4 is 10.6 Å². The molecule has 0 amide bonds. The molecule has 2 aliphatic heterocycles. The maximum absolute atomic E-state index is 10.3. The van der Waals surface area contributed by atoms with Gasteiger partial charge in [0.2, 0.25) is 0 Å². The third-order valence-corrected chi connectivity index (χ3v) is 5.88. The predicted octanol–water partition coefficient (Wildman–Crippen LogP) is 3.36. The third-order valence-electron chi connectivity index (χ3n) is 5.88. The molecule has 0 radical (unpaired) electrons. The fourth-order valence-corrected chi connectivity index (χ4v) is 4.09. The molecule has 2 aromatic carbocycles. The zero-order chi connectivity index (χ0) is 19.8. The van der Waals surface area contributed by atoms with Crippen molar-refractivity contribution in [2.45, 2.75) is 24.9 Å². The van der Waals surface area contributed by atoms with Crippen molar-refractivity contribution in [1.82, 2.24) is 20.2 Å². The fourth-order valence-electron chi connectivity index (χ4n) is 4.09. The molecule has 6 heteroatoms. The number of fused-ring (bicyclic) bond motifs is 1. The van der Waals surface area contributed by atoms with Crippen molar-refractivity contribution in [2.75, 3.05) is 25.0 Å². The number of hydrogen-bond acceptors (Lipinski definition) is 6. The van der Waals surface area contributed by atoms with Crippen LogP contribution in [0.3, 0.4) is 0 Å². The first-order valence-electron chi connectivity index (χ1n) is 10.2. The summed E-state index contributed by atoms with van der Waals surface area (Å²) in [6.45, 7) is 7.40. The van der Waals surface area contributed by atoms with Crippen molar-refractivity contribution < 1.29 is 5.11 Å². The van der Waals surface area contributed by atoms with Gasteiger partial charge in [-0.15, -0.1) is 0 Å². The largest absolute Gasteiger partial charge is 0.507 e. The number of aromatic nitrogens is 2. The van der Waals surface area contributed by atoms with Crippen LogP contribution >= 0.6 is 0 Å². The molecule has 3 aromatic rings. The van der Waals surface area contributed by atoms with E-state index >= 15 is 0 Å². The van der Waals surface area contributed by atoms with Crippen LogP contribution in [-0.4, -0.2) is 51.7 Å². The molecule has 29 heavy (non-hydrogen) atoms. The average Bonchev–Trinajstić information content (AvgIpc) is 3.15. The summed E-state index contributed by atoms with van der Waals surface area (Å²) in [6, 6.07) is 15.7. The quantitative estimate of drug-likeness (QED) is 0.623. The molecule has 2 atom stereocenters. The Hall–Kier alpha value is -3.12. The number of benzene rings is 2. The second kappa shape index (κ2) is 7.37. The Bertz CT molecular complexity index is 1060. The van der Waals surface area contributed by atoms with Crippen LogP contribution in [0.5, 0.6) is 5.75 Å². The summed E-state index contributed by atoms with van der Waals surface area (Å²) in [7, 11) is 0. The molecule has 0 unspecified atom stereocenters. The van der Waals surface area contributed by atoms with E-state index in [4.69, 9.17) is 4.98 Å². The summed E-state index contributed by atoms with van der Waals surface area (Å²) in [4.78, 5) is 11.8. The molecular weight excluding hydrogens is 362 g/mol. The maximum atomic E-state index is 10.3. The number of nitrogens with zero attached hydrogens (tertiary/aromatic N) is 3. The Morgan fingerprint density at radius 3 is 2.69 bits per heavy atom. The van der Waals surface area contributed by atoms with Gasteiger partial charge in [-0.3, -0.25) is 0 Å². The normalized spacial score (nSPS) is 21.2. The lowest BCUT2D eigenvalue weighted by Gasteiger charge is -2.37. The zero-order valence-corrected chi connectivity index (χ0v) is 16.3. The van der Waals surface area contributed by atoms with Gasteiger partial charge in [0, 0.05) is 42.8 Å². The van der Waals surface area contributed by atoms with Gasteiger partial charge < -0.3 is 20.6 Å². The first kappa shape index (κ1) is 17.9. The second-order valence-corrected chi connectivity index (χ2v) is 7.80. The number of rotatable bonds is 5. The van der Waals surface area contributed by atoms with Crippen molar-refractivity contribution in [2.24, 2.45) is 0 Å². The van der Waals surface area contributed by atoms with Gasteiger partial charge in [0.15, 0.2) is 5.82 Å². The molecule has 1 aromatic heterocycles. The Balaban J connectivity index is 1.43. The monoisotopic (exact) mass is 387 g/mol. The summed E-state index contributed by atoms with van der Waals surface area (Å²) in [5.74, 6) is 1.51. The van der Waals surface area contributed by atoms with Crippen molar-refractivity contribution >= 4 is 16.7 Å². The number of phenols is 1. The summed E-state index contributed by atoms with van der Waals surface area (Å²) >= 11 is 0. The van der Waals surface area contributed by atoms with Gasteiger partial charge >= 0.3 is 0 Å². The highest BCUT2D eigenvalue weighted by Crippen LogP contribution is 2.31. The van der Waals surface area contributed by atoms with E-state index in [0.717, 1.165) is 42.8 Å². The van der Waals surface area contributed by atoms with Gasteiger partial charge in [-0.2, -0.15) is 0 Å². The lowest BCUT2D eigenvalue weighted by molar-refractivity contribution is 0.221. The molecule has 0 saturated carbocycles. The van der Waals surface area contributed by atoms with Gasteiger partial charge in [0.25, 0.3) is 0 Å². The molecule has 5 rings (SSSR count). The minimum Gasteiger partial charge on any atom is -0.507 e. The van der Waals surface area contributed by atoms with Crippen molar-refractivity contribution in [3.8, 4) is 17.1 Å². The Morgan fingerprint density at radius 1 is 1.10 bits per heavy atom. The Morgan fingerprint density at radius 2 is 1.90 bits per heavy atom. The number of aromatic hydroxyl groups is 1. The summed E-state index contributed by atoms with van der Waals surface area (Å²) < 4.78 is 0. The van der Waals surface area contributed by atoms with Gasteiger partial charge in [-0.25, -0.2) is 9.97 Å². The van der Waals surface area contributed by atoms with E-state index in [1.807, 2.05) is 36.4 Å². The minimum absolute atomic E-state index is 0.183. The Kier molecular flexibility index (Phi) is 4.56. The number of nitrogens with one attached hydrogen (secondary N) is 2. The molecule has 2 fully saturated rings. The molecule has 148 valence electrons. The van der Waals surface area contributed by atoms with E-state index in [1.165, 1.54) is 12.1 Å². The maximum Gasteiger partial charge on any atom is 0.165 e.